The van der Waals surface area contributed by atoms with Crippen molar-refractivity contribution in [1.82, 2.24) is 0 Å². The number of nitrogens with two attached hydrogens (primary N) is 1. The minimum absolute atomic E-state index is 0.174. The van der Waals surface area contributed by atoms with E-state index in [0.29, 0.717) is 12.0 Å². The lowest BCUT2D eigenvalue weighted by atomic mass is 9.83. The summed E-state index contributed by atoms with van der Waals surface area (Å²) in [5.74, 6) is -0.255. The Morgan fingerprint density at radius 1 is 1.67 bits per heavy atom. The van der Waals surface area contributed by atoms with Gasteiger partial charge in [0, 0.05) is 12.0 Å². The number of fused-ring (bicyclic) bond motifs is 1. The summed E-state index contributed by atoms with van der Waals surface area (Å²) in [6.07, 6.45) is 0.298. The fourth-order valence-corrected chi connectivity index (χ4v) is 2.04. The van der Waals surface area contributed by atoms with Crippen LogP contribution < -0.4 is 10.5 Å². The molecular weight excluding hydrogens is 197 g/mol. The Labute approximate surface area is 87.7 Å². The third-order valence-electron chi connectivity index (χ3n) is 2.76. The first kappa shape index (κ1) is 10.4. The molecule has 0 saturated carbocycles. The van der Waals surface area contributed by atoms with E-state index in [1.54, 1.807) is 12.1 Å². The minimum atomic E-state index is -0.894. The molecule has 0 fully saturated rings. The summed E-state index contributed by atoms with van der Waals surface area (Å²) in [6.45, 7) is 1.60. The van der Waals surface area contributed by atoms with E-state index < -0.39 is 11.4 Å². The van der Waals surface area contributed by atoms with Gasteiger partial charge in [-0.05, 0) is 13.0 Å². The molecule has 1 aliphatic rings. The van der Waals surface area contributed by atoms with Gasteiger partial charge in [0.05, 0.1) is 18.2 Å². The lowest BCUT2D eigenvalue weighted by Crippen LogP contribution is -2.47. The molecule has 1 aromatic rings. The number of aliphatic hydroxyl groups is 1. The molecule has 3 N–H and O–H groups in total. The highest BCUT2D eigenvalue weighted by molar-refractivity contribution is 5.42. The summed E-state index contributed by atoms with van der Waals surface area (Å²) in [5, 5.41) is 9.30. The number of ether oxygens (including phenoxy) is 1. The number of aliphatic hydroxyl groups excluding tert-OH is 1. The second-order valence-corrected chi connectivity index (χ2v) is 4.06. The number of halogens is 1. The number of benzene rings is 1. The molecule has 2 atom stereocenters. The van der Waals surface area contributed by atoms with E-state index in [9.17, 15) is 9.50 Å². The van der Waals surface area contributed by atoms with E-state index in [0.717, 1.165) is 0 Å². The highest BCUT2D eigenvalue weighted by atomic mass is 19.1. The van der Waals surface area contributed by atoms with Crippen molar-refractivity contribution in [3.05, 3.63) is 29.6 Å². The van der Waals surface area contributed by atoms with Crippen molar-refractivity contribution < 1.29 is 14.2 Å². The highest BCUT2D eigenvalue weighted by Crippen LogP contribution is 2.38. The van der Waals surface area contributed by atoms with E-state index in [-0.39, 0.29) is 18.5 Å². The van der Waals surface area contributed by atoms with E-state index in [1.165, 1.54) is 6.07 Å². The second kappa shape index (κ2) is 3.47. The zero-order valence-corrected chi connectivity index (χ0v) is 8.53. The van der Waals surface area contributed by atoms with Crippen LogP contribution in [-0.2, 0) is 5.54 Å². The van der Waals surface area contributed by atoms with Crippen molar-refractivity contribution >= 4 is 0 Å². The molecule has 0 spiro atoms. The van der Waals surface area contributed by atoms with Crippen molar-refractivity contribution in [3.8, 4) is 5.75 Å². The van der Waals surface area contributed by atoms with Gasteiger partial charge in [-0.2, -0.15) is 0 Å². The molecule has 3 nitrogen and oxygen atoms in total. The van der Waals surface area contributed by atoms with Crippen LogP contribution in [0.25, 0.3) is 0 Å². The summed E-state index contributed by atoms with van der Waals surface area (Å²) in [4.78, 5) is 0. The molecule has 82 valence electrons. The molecule has 2 rings (SSSR count). The largest absolute Gasteiger partial charge is 0.487 e. The van der Waals surface area contributed by atoms with E-state index in [1.807, 2.05) is 6.92 Å². The third kappa shape index (κ3) is 1.60. The van der Waals surface area contributed by atoms with Gasteiger partial charge in [0.2, 0.25) is 0 Å². The SMILES string of the molecule is CC1CC(N)(CO)c2cccc(F)c2O1. The smallest absolute Gasteiger partial charge is 0.165 e. The molecule has 2 unspecified atom stereocenters. The predicted molar refractivity (Wildman–Crippen MR) is 54.1 cm³/mol. The molecule has 0 amide bonds. The van der Waals surface area contributed by atoms with Gasteiger partial charge >= 0.3 is 0 Å². The molecule has 1 aromatic carbocycles. The van der Waals surface area contributed by atoms with Gasteiger partial charge in [0.15, 0.2) is 11.6 Å². The predicted octanol–water partition coefficient (Wildman–Crippen LogP) is 1.14. The van der Waals surface area contributed by atoms with E-state index >= 15 is 0 Å². The fourth-order valence-electron chi connectivity index (χ4n) is 2.04. The Bertz CT molecular complexity index is 383. The third-order valence-corrected chi connectivity index (χ3v) is 2.76. The van der Waals surface area contributed by atoms with Crippen LogP contribution in [0.5, 0.6) is 5.75 Å². The van der Waals surface area contributed by atoms with Gasteiger partial charge in [-0.15, -0.1) is 0 Å². The van der Waals surface area contributed by atoms with Crippen molar-refractivity contribution in [1.29, 1.82) is 0 Å². The zero-order valence-electron chi connectivity index (χ0n) is 8.53. The summed E-state index contributed by atoms with van der Waals surface area (Å²) in [6, 6.07) is 4.60. The molecule has 0 saturated heterocycles. The fraction of sp³-hybridized carbons (Fsp3) is 0.455. The van der Waals surface area contributed by atoms with Crippen molar-refractivity contribution in [2.24, 2.45) is 5.73 Å². The lowest BCUT2D eigenvalue weighted by molar-refractivity contribution is 0.0907. The molecule has 4 heteroatoms. The van der Waals surface area contributed by atoms with Gasteiger partial charge in [-0.3, -0.25) is 0 Å². The summed E-state index contributed by atoms with van der Waals surface area (Å²) >= 11 is 0. The minimum Gasteiger partial charge on any atom is -0.487 e. The Morgan fingerprint density at radius 3 is 3.07 bits per heavy atom. The molecule has 0 radical (unpaired) electrons. The van der Waals surface area contributed by atoms with Gasteiger partial charge < -0.3 is 15.6 Å². The first-order valence-electron chi connectivity index (χ1n) is 4.92. The Morgan fingerprint density at radius 2 is 2.40 bits per heavy atom. The van der Waals surface area contributed by atoms with Gasteiger partial charge in [0.1, 0.15) is 0 Å². The summed E-state index contributed by atoms with van der Waals surface area (Å²) in [7, 11) is 0. The molecule has 0 bridgehead atoms. The Balaban J connectivity index is 2.56. The van der Waals surface area contributed by atoms with Crippen LogP contribution in [-0.4, -0.2) is 17.8 Å². The average molecular weight is 211 g/mol. The molecule has 15 heavy (non-hydrogen) atoms. The normalized spacial score (nSPS) is 29.5. The maximum Gasteiger partial charge on any atom is 0.165 e. The first-order valence-corrected chi connectivity index (χ1v) is 4.92. The van der Waals surface area contributed by atoms with Crippen LogP contribution in [0.1, 0.15) is 18.9 Å². The summed E-state index contributed by atoms with van der Waals surface area (Å²) < 4.78 is 18.9. The molecule has 1 aliphatic heterocycles. The first-order chi connectivity index (χ1) is 7.07. The van der Waals surface area contributed by atoms with Gasteiger partial charge in [0.25, 0.3) is 0 Å². The quantitative estimate of drug-likeness (QED) is 0.732. The number of hydrogen-bond acceptors (Lipinski definition) is 3. The van der Waals surface area contributed by atoms with Crippen LogP contribution in [0, 0.1) is 5.82 Å². The van der Waals surface area contributed by atoms with Crippen molar-refractivity contribution in [3.63, 3.8) is 0 Å². The monoisotopic (exact) mass is 211 g/mol. The Hall–Kier alpha value is -1.13. The number of rotatable bonds is 1. The van der Waals surface area contributed by atoms with Crippen LogP contribution in [0.15, 0.2) is 18.2 Å². The Kier molecular flexibility index (Phi) is 2.40. The van der Waals surface area contributed by atoms with Crippen molar-refractivity contribution in [2.45, 2.75) is 25.0 Å². The van der Waals surface area contributed by atoms with E-state index in [4.69, 9.17) is 10.5 Å². The maximum absolute atomic E-state index is 13.5. The highest BCUT2D eigenvalue weighted by Gasteiger charge is 2.37. The van der Waals surface area contributed by atoms with Crippen molar-refractivity contribution in [2.75, 3.05) is 6.61 Å². The summed E-state index contributed by atoms with van der Waals surface area (Å²) in [5.41, 5.74) is 5.68. The van der Waals surface area contributed by atoms with Crippen LogP contribution in [0.4, 0.5) is 4.39 Å². The van der Waals surface area contributed by atoms with Crippen LogP contribution in [0.3, 0.4) is 0 Å². The van der Waals surface area contributed by atoms with Gasteiger partial charge in [-0.1, -0.05) is 12.1 Å². The topological polar surface area (TPSA) is 55.5 Å². The van der Waals surface area contributed by atoms with Crippen LogP contribution in [0.2, 0.25) is 0 Å². The van der Waals surface area contributed by atoms with Crippen LogP contribution >= 0.6 is 0 Å². The molecule has 1 heterocycles. The lowest BCUT2D eigenvalue weighted by Gasteiger charge is -2.37. The second-order valence-electron chi connectivity index (χ2n) is 4.06. The molecule has 0 aromatic heterocycles. The van der Waals surface area contributed by atoms with Gasteiger partial charge in [-0.25, -0.2) is 4.39 Å². The zero-order chi connectivity index (χ0) is 11.1. The van der Waals surface area contributed by atoms with E-state index in [2.05, 4.69) is 0 Å². The maximum atomic E-state index is 13.5. The number of hydrogen-bond donors (Lipinski definition) is 2. The standard InChI is InChI=1S/C11H14FNO2/c1-7-5-11(13,6-14)8-3-2-4-9(12)10(8)15-7/h2-4,7,14H,5-6,13H2,1H3. The molecular formula is C11H14FNO2. The average Bonchev–Trinajstić information content (AvgIpc) is 2.20. The number of para-hydroxylation sites is 1. The molecule has 0 aliphatic carbocycles.